The molecule has 0 spiro atoms. The SMILES string of the molecule is COc1ccc2cc(C=C(C#N)C(=O)NCc3ccco3)ccc2c1. The summed E-state index contributed by atoms with van der Waals surface area (Å²) in [6, 6.07) is 16.9. The molecule has 124 valence electrons. The zero-order valence-corrected chi connectivity index (χ0v) is 13.7. The van der Waals surface area contributed by atoms with E-state index in [1.165, 1.54) is 6.26 Å². The Morgan fingerprint density at radius 1 is 1.24 bits per heavy atom. The van der Waals surface area contributed by atoms with Crippen LogP contribution >= 0.6 is 0 Å². The Morgan fingerprint density at radius 3 is 2.76 bits per heavy atom. The van der Waals surface area contributed by atoms with Gasteiger partial charge in [0.05, 0.1) is 19.9 Å². The van der Waals surface area contributed by atoms with Crippen molar-refractivity contribution in [2.75, 3.05) is 7.11 Å². The smallest absolute Gasteiger partial charge is 0.262 e. The molecule has 5 heteroatoms. The number of furan rings is 1. The van der Waals surface area contributed by atoms with Crippen molar-refractivity contribution in [1.29, 1.82) is 5.26 Å². The van der Waals surface area contributed by atoms with Crippen LogP contribution in [0.3, 0.4) is 0 Å². The minimum Gasteiger partial charge on any atom is -0.497 e. The maximum atomic E-state index is 12.2. The quantitative estimate of drug-likeness (QED) is 0.571. The van der Waals surface area contributed by atoms with Crippen LogP contribution in [0, 0.1) is 11.3 Å². The molecule has 0 radical (unpaired) electrons. The minimum atomic E-state index is -0.436. The Morgan fingerprint density at radius 2 is 2.04 bits per heavy atom. The number of methoxy groups -OCH3 is 1. The lowest BCUT2D eigenvalue weighted by molar-refractivity contribution is -0.117. The Kier molecular flexibility index (Phi) is 4.82. The molecule has 0 aliphatic carbocycles. The van der Waals surface area contributed by atoms with Crippen molar-refractivity contribution in [2.24, 2.45) is 0 Å². The summed E-state index contributed by atoms with van der Waals surface area (Å²) in [6.45, 7) is 0.238. The zero-order chi connectivity index (χ0) is 17.6. The van der Waals surface area contributed by atoms with E-state index in [1.54, 1.807) is 25.3 Å². The third-order valence-corrected chi connectivity index (χ3v) is 3.75. The largest absolute Gasteiger partial charge is 0.497 e. The summed E-state index contributed by atoms with van der Waals surface area (Å²) in [5.74, 6) is 0.977. The predicted molar refractivity (Wildman–Crippen MR) is 94.6 cm³/mol. The van der Waals surface area contributed by atoms with E-state index in [-0.39, 0.29) is 12.1 Å². The number of carbonyl (C=O) groups excluding carboxylic acids is 1. The molecule has 1 heterocycles. The van der Waals surface area contributed by atoms with Gasteiger partial charge in [0.1, 0.15) is 23.2 Å². The number of fused-ring (bicyclic) bond motifs is 1. The molecule has 0 saturated carbocycles. The van der Waals surface area contributed by atoms with Gasteiger partial charge in [0, 0.05) is 0 Å². The number of nitriles is 1. The molecule has 0 fully saturated rings. The third kappa shape index (κ3) is 3.88. The number of nitrogens with one attached hydrogen (secondary N) is 1. The molecule has 0 aliphatic heterocycles. The van der Waals surface area contributed by atoms with Gasteiger partial charge in [-0.3, -0.25) is 4.79 Å². The van der Waals surface area contributed by atoms with Crippen LogP contribution in [0.2, 0.25) is 0 Å². The summed E-state index contributed by atoms with van der Waals surface area (Å²) in [4.78, 5) is 12.2. The summed E-state index contributed by atoms with van der Waals surface area (Å²) >= 11 is 0. The number of hydrogen-bond donors (Lipinski definition) is 1. The number of rotatable bonds is 5. The topological polar surface area (TPSA) is 75.3 Å². The lowest BCUT2D eigenvalue weighted by Crippen LogP contribution is -2.23. The normalized spacial score (nSPS) is 11.1. The van der Waals surface area contributed by atoms with E-state index in [0.717, 1.165) is 22.1 Å². The molecule has 5 nitrogen and oxygen atoms in total. The fourth-order valence-electron chi connectivity index (χ4n) is 2.45. The molecule has 1 amide bonds. The minimum absolute atomic E-state index is 0.0411. The molecule has 0 bridgehead atoms. The van der Waals surface area contributed by atoms with Crippen molar-refractivity contribution in [1.82, 2.24) is 5.32 Å². The first-order valence-electron chi connectivity index (χ1n) is 7.70. The van der Waals surface area contributed by atoms with Gasteiger partial charge in [0.15, 0.2) is 0 Å². The van der Waals surface area contributed by atoms with Gasteiger partial charge in [-0.2, -0.15) is 5.26 Å². The summed E-state index contributed by atoms with van der Waals surface area (Å²) in [5.41, 5.74) is 0.821. The average molecular weight is 332 g/mol. The number of hydrogen-bond acceptors (Lipinski definition) is 4. The Bertz CT molecular complexity index is 966. The fourth-order valence-corrected chi connectivity index (χ4v) is 2.45. The summed E-state index contributed by atoms with van der Waals surface area (Å²) in [6.07, 6.45) is 3.10. The van der Waals surface area contributed by atoms with Gasteiger partial charge in [-0.25, -0.2) is 0 Å². The number of benzene rings is 2. The lowest BCUT2D eigenvalue weighted by Gasteiger charge is -2.05. The van der Waals surface area contributed by atoms with Crippen LogP contribution < -0.4 is 10.1 Å². The van der Waals surface area contributed by atoms with Crippen LogP contribution in [0.1, 0.15) is 11.3 Å². The number of ether oxygens (including phenoxy) is 1. The predicted octanol–water partition coefficient (Wildman–Crippen LogP) is 3.66. The second-order valence-corrected chi connectivity index (χ2v) is 5.40. The van der Waals surface area contributed by atoms with Gasteiger partial charge >= 0.3 is 0 Å². The van der Waals surface area contributed by atoms with E-state index >= 15 is 0 Å². The number of carbonyl (C=O) groups is 1. The molecule has 3 rings (SSSR count). The first-order chi connectivity index (χ1) is 12.2. The van der Waals surface area contributed by atoms with Crippen molar-refractivity contribution >= 4 is 22.8 Å². The van der Waals surface area contributed by atoms with Gasteiger partial charge in [0.25, 0.3) is 5.91 Å². The monoisotopic (exact) mass is 332 g/mol. The van der Waals surface area contributed by atoms with Crippen molar-refractivity contribution in [3.63, 3.8) is 0 Å². The van der Waals surface area contributed by atoms with Gasteiger partial charge in [0.2, 0.25) is 0 Å². The van der Waals surface area contributed by atoms with Crippen LogP contribution in [0.5, 0.6) is 5.75 Å². The van der Waals surface area contributed by atoms with Crippen LogP contribution in [-0.2, 0) is 11.3 Å². The van der Waals surface area contributed by atoms with Crippen LogP contribution in [0.15, 0.2) is 64.8 Å². The van der Waals surface area contributed by atoms with Crippen LogP contribution in [0.4, 0.5) is 0 Å². The highest BCUT2D eigenvalue weighted by molar-refractivity contribution is 6.02. The third-order valence-electron chi connectivity index (χ3n) is 3.75. The molecule has 25 heavy (non-hydrogen) atoms. The summed E-state index contributed by atoms with van der Waals surface area (Å²) < 4.78 is 10.4. The van der Waals surface area contributed by atoms with Gasteiger partial charge in [-0.1, -0.05) is 18.2 Å². The molecule has 2 aromatic carbocycles. The first kappa shape index (κ1) is 16.3. The van der Waals surface area contributed by atoms with E-state index in [4.69, 9.17) is 9.15 Å². The maximum Gasteiger partial charge on any atom is 0.262 e. The van der Waals surface area contributed by atoms with Gasteiger partial charge < -0.3 is 14.5 Å². The second kappa shape index (κ2) is 7.37. The summed E-state index contributed by atoms with van der Waals surface area (Å²) in [7, 11) is 1.62. The van der Waals surface area contributed by atoms with E-state index in [9.17, 15) is 10.1 Å². The van der Waals surface area contributed by atoms with E-state index in [1.807, 2.05) is 42.5 Å². The van der Waals surface area contributed by atoms with E-state index in [2.05, 4.69) is 5.32 Å². The Labute approximate surface area is 145 Å². The van der Waals surface area contributed by atoms with Crippen molar-refractivity contribution in [2.45, 2.75) is 6.54 Å². The van der Waals surface area contributed by atoms with E-state index < -0.39 is 5.91 Å². The number of nitrogens with zero attached hydrogens (tertiary/aromatic N) is 1. The van der Waals surface area contributed by atoms with Crippen molar-refractivity contribution in [3.8, 4) is 11.8 Å². The van der Waals surface area contributed by atoms with E-state index in [0.29, 0.717) is 5.76 Å². The number of amides is 1. The molecular formula is C20H16N2O3. The van der Waals surface area contributed by atoms with Crippen LogP contribution in [-0.4, -0.2) is 13.0 Å². The Balaban J connectivity index is 1.80. The highest BCUT2D eigenvalue weighted by Crippen LogP contribution is 2.22. The lowest BCUT2D eigenvalue weighted by atomic mass is 10.0. The molecule has 0 atom stereocenters. The molecule has 1 N–H and O–H groups in total. The molecular weight excluding hydrogens is 316 g/mol. The van der Waals surface area contributed by atoms with Crippen molar-refractivity contribution < 1.29 is 13.9 Å². The molecule has 0 saturated heterocycles. The molecule has 0 aliphatic rings. The highest BCUT2D eigenvalue weighted by Gasteiger charge is 2.09. The van der Waals surface area contributed by atoms with Crippen LogP contribution in [0.25, 0.3) is 16.8 Å². The molecule has 0 unspecified atom stereocenters. The molecule has 1 aromatic heterocycles. The summed E-state index contributed by atoms with van der Waals surface area (Å²) in [5, 5.41) is 14.0. The van der Waals surface area contributed by atoms with Gasteiger partial charge in [-0.15, -0.1) is 0 Å². The zero-order valence-electron chi connectivity index (χ0n) is 13.7. The molecule has 3 aromatic rings. The Hall–Kier alpha value is -3.52. The standard InChI is InChI=1S/C20H16N2O3/c1-24-18-7-6-15-9-14(4-5-16(15)11-18)10-17(12-21)20(23)22-13-19-3-2-8-25-19/h2-11H,13H2,1H3,(H,22,23). The fraction of sp³-hybridized carbons (Fsp3) is 0.100. The van der Waals surface area contributed by atoms with Crippen molar-refractivity contribution in [3.05, 3.63) is 71.7 Å². The average Bonchev–Trinajstić information content (AvgIpc) is 3.17. The van der Waals surface area contributed by atoms with Gasteiger partial charge in [-0.05, 0) is 52.7 Å². The maximum absolute atomic E-state index is 12.2. The second-order valence-electron chi connectivity index (χ2n) is 5.40. The first-order valence-corrected chi connectivity index (χ1v) is 7.70. The highest BCUT2D eigenvalue weighted by atomic mass is 16.5.